The van der Waals surface area contributed by atoms with Crippen molar-refractivity contribution in [2.75, 3.05) is 0 Å². The molecule has 1 saturated heterocycles. The predicted octanol–water partition coefficient (Wildman–Crippen LogP) is 0.539. The van der Waals surface area contributed by atoms with Crippen molar-refractivity contribution in [1.29, 1.82) is 0 Å². The van der Waals surface area contributed by atoms with Crippen LogP contribution in [0.25, 0.3) is 0 Å². The number of hydrogen-bond donors (Lipinski definition) is 0. The molecule has 0 saturated carbocycles. The van der Waals surface area contributed by atoms with Crippen LogP contribution in [0.3, 0.4) is 0 Å². The van der Waals surface area contributed by atoms with Crippen molar-refractivity contribution < 1.29 is 49.0 Å². The van der Waals surface area contributed by atoms with Gasteiger partial charge in [-0.1, -0.05) is 77.7 Å². The number of carbonyl (C=O) groups excluding carboxylic acids is 2. The van der Waals surface area contributed by atoms with Crippen LogP contribution in [0.4, 0.5) is 0 Å². The van der Waals surface area contributed by atoms with E-state index in [-0.39, 0.29) is 35.1 Å². The van der Waals surface area contributed by atoms with Crippen molar-refractivity contribution in [3.63, 3.8) is 0 Å². The Labute approximate surface area is 168 Å². The maximum Gasteiger partial charge on any atom is 1.00 e. The van der Waals surface area contributed by atoms with E-state index in [0.29, 0.717) is 6.42 Å². The van der Waals surface area contributed by atoms with Crippen molar-refractivity contribution in [2.24, 2.45) is 5.92 Å². The third-order valence-electron chi connectivity index (χ3n) is 4.61. The van der Waals surface area contributed by atoms with Crippen molar-refractivity contribution >= 4 is 11.9 Å². The molecule has 0 aromatic heterocycles. The molecule has 0 N–H and O–H groups in total. The molecule has 0 aromatic carbocycles. The van der Waals surface area contributed by atoms with Crippen LogP contribution >= 0.6 is 0 Å². The Morgan fingerprint density at radius 1 is 1.00 bits per heavy atom. The van der Waals surface area contributed by atoms with Gasteiger partial charge < -0.3 is 14.6 Å². The second kappa shape index (κ2) is 13.9. The summed E-state index contributed by atoms with van der Waals surface area (Å²) in [4.78, 5) is 22.5. The molecular weight excluding hydrogens is 315 g/mol. The average Bonchev–Trinajstić information content (AvgIpc) is 2.79. The topological polar surface area (TPSA) is 66.4 Å². The molecule has 2 atom stereocenters. The van der Waals surface area contributed by atoms with Gasteiger partial charge in [-0.15, -0.1) is 0 Å². The number of rotatable bonds is 13. The molecule has 132 valence electrons. The van der Waals surface area contributed by atoms with Gasteiger partial charge in [0.2, 0.25) is 0 Å². The largest absolute Gasteiger partial charge is 1.00 e. The summed E-state index contributed by atoms with van der Waals surface area (Å²) in [5, 5.41) is 11.1. The van der Waals surface area contributed by atoms with Gasteiger partial charge in [-0.25, -0.2) is 4.79 Å². The van der Waals surface area contributed by atoms with Crippen LogP contribution < -0.4 is 34.7 Å². The number of carbonyl (C=O) groups is 2. The Hall–Kier alpha value is -0.320. The van der Waals surface area contributed by atoms with Gasteiger partial charge in [-0.3, -0.25) is 0 Å². The quantitative estimate of drug-likeness (QED) is 0.211. The number of unbranched alkanes of at least 4 members (excludes halogenated alkanes) is 10. The number of cyclic esters (lactones) is 1. The normalized spacial score (nSPS) is 19.9. The summed E-state index contributed by atoms with van der Waals surface area (Å²) >= 11 is 0. The molecular formula is C19H31NaO4. The molecule has 5 heteroatoms. The predicted molar refractivity (Wildman–Crippen MR) is 88.6 cm³/mol. The average molecular weight is 346 g/mol. The summed E-state index contributed by atoms with van der Waals surface area (Å²) in [7, 11) is 0. The number of carboxylic acids is 1. The van der Waals surface area contributed by atoms with E-state index < -0.39 is 24.0 Å². The maximum absolute atomic E-state index is 11.4. The van der Waals surface area contributed by atoms with Crippen molar-refractivity contribution in [3.05, 3.63) is 12.2 Å². The molecule has 0 spiro atoms. The fraction of sp³-hybridized carbons (Fsp3) is 0.789. The third kappa shape index (κ3) is 8.68. The summed E-state index contributed by atoms with van der Waals surface area (Å²) in [6, 6.07) is 0. The number of hydrogen-bond acceptors (Lipinski definition) is 4. The molecule has 24 heavy (non-hydrogen) atoms. The fourth-order valence-electron chi connectivity index (χ4n) is 3.16. The zero-order chi connectivity index (χ0) is 17.1. The number of aliphatic carboxylic acids is 1. The van der Waals surface area contributed by atoms with E-state index in [0.717, 1.165) is 19.3 Å². The van der Waals surface area contributed by atoms with E-state index in [1.165, 1.54) is 51.4 Å². The Morgan fingerprint density at radius 3 is 1.92 bits per heavy atom. The summed E-state index contributed by atoms with van der Waals surface area (Å²) in [6.07, 6.45) is 13.6. The smallest absolute Gasteiger partial charge is 0.549 e. The number of ether oxygens (including phenoxy) is 1. The van der Waals surface area contributed by atoms with Crippen molar-refractivity contribution in [2.45, 2.75) is 90.1 Å². The van der Waals surface area contributed by atoms with Gasteiger partial charge in [0, 0.05) is 5.57 Å². The second-order valence-electron chi connectivity index (χ2n) is 6.59. The van der Waals surface area contributed by atoms with Crippen LogP contribution in [-0.4, -0.2) is 18.0 Å². The monoisotopic (exact) mass is 346 g/mol. The minimum atomic E-state index is -1.26. The summed E-state index contributed by atoms with van der Waals surface area (Å²) < 4.78 is 5.08. The summed E-state index contributed by atoms with van der Waals surface area (Å²) in [5.41, 5.74) is 0.0260. The first-order chi connectivity index (χ1) is 11.1. The third-order valence-corrected chi connectivity index (χ3v) is 4.61. The van der Waals surface area contributed by atoms with Crippen LogP contribution in [-0.2, 0) is 14.3 Å². The number of esters is 1. The zero-order valence-corrected chi connectivity index (χ0v) is 17.5. The standard InChI is InChI=1S/C19H32O4.Na/c1-3-4-5-6-7-8-9-10-11-12-13-14-16-17(18(20)21)15(2)19(22)23-16;/h16-17H,2-14H2,1H3,(H,20,21);/q;+1/p-1/t16-,17?;/m0./s1. The molecule has 4 nitrogen and oxygen atoms in total. The fourth-order valence-corrected chi connectivity index (χ4v) is 3.16. The Bertz CT molecular complexity index is 395. The first-order valence-electron chi connectivity index (χ1n) is 9.18. The molecule has 1 aliphatic heterocycles. The Balaban J connectivity index is 0.00000529. The SMILES string of the molecule is C=C1C(=O)O[C@@H](CCCCCCCCCCCCC)C1C(=O)[O-].[Na+]. The first kappa shape index (κ1) is 23.7. The van der Waals surface area contributed by atoms with Crippen LogP contribution in [0.5, 0.6) is 0 Å². The van der Waals surface area contributed by atoms with Crippen molar-refractivity contribution in [3.8, 4) is 0 Å². The van der Waals surface area contributed by atoms with E-state index in [1.54, 1.807) is 0 Å². The van der Waals surface area contributed by atoms with E-state index in [1.807, 2.05) is 0 Å². The molecule has 0 bridgehead atoms. The molecule has 1 aliphatic rings. The second-order valence-corrected chi connectivity index (χ2v) is 6.59. The van der Waals surface area contributed by atoms with Gasteiger partial charge in [-0.2, -0.15) is 0 Å². The molecule has 1 unspecified atom stereocenters. The molecule has 0 aromatic rings. The van der Waals surface area contributed by atoms with Crippen LogP contribution in [0.1, 0.15) is 84.0 Å². The van der Waals surface area contributed by atoms with Gasteiger partial charge in [0.05, 0.1) is 11.9 Å². The molecule has 1 rings (SSSR count). The number of carboxylic acid groups (broad SMARTS) is 1. The molecule has 1 fully saturated rings. The van der Waals surface area contributed by atoms with E-state index >= 15 is 0 Å². The van der Waals surface area contributed by atoms with E-state index in [2.05, 4.69) is 13.5 Å². The van der Waals surface area contributed by atoms with Crippen LogP contribution in [0, 0.1) is 5.92 Å². The van der Waals surface area contributed by atoms with Gasteiger partial charge in [0.15, 0.2) is 0 Å². The van der Waals surface area contributed by atoms with Gasteiger partial charge in [-0.05, 0) is 12.8 Å². The first-order valence-corrected chi connectivity index (χ1v) is 9.18. The Kier molecular flexibility index (Phi) is 13.7. The Morgan fingerprint density at radius 2 is 1.46 bits per heavy atom. The zero-order valence-electron chi connectivity index (χ0n) is 15.5. The molecule has 1 heterocycles. The minimum Gasteiger partial charge on any atom is -0.549 e. The van der Waals surface area contributed by atoms with Crippen LogP contribution in [0.2, 0.25) is 0 Å². The van der Waals surface area contributed by atoms with Gasteiger partial charge in [0.1, 0.15) is 6.10 Å². The molecule has 0 radical (unpaired) electrons. The van der Waals surface area contributed by atoms with Gasteiger partial charge in [0.25, 0.3) is 0 Å². The maximum atomic E-state index is 11.4. The molecule has 0 amide bonds. The molecule has 0 aliphatic carbocycles. The summed E-state index contributed by atoms with van der Waals surface area (Å²) in [5.74, 6) is -2.81. The van der Waals surface area contributed by atoms with E-state index in [4.69, 9.17) is 4.74 Å². The van der Waals surface area contributed by atoms with E-state index in [9.17, 15) is 14.7 Å². The summed E-state index contributed by atoms with van der Waals surface area (Å²) in [6.45, 7) is 5.73. The van der Waals surface area contributed by atoms with Gasteiger partial charge >= 0.3 is 35.5 Å². The minimum absolute atomic E-state index is 0. The van der Waals surface area contributed by atoms with Crippen molar-refractivity contribution in [1.82, 2.24) is 0 Å². The van der Waals surface area contributed by atoms with Crippen LogP contribution in [0.15, 0.2) is 12.2 Å².